The maximum atomic E-state index is 13.6. The SMILES string of the molecule is COCc1ncc2nc(C)n(CCOc3ccc(Cl)cc3-c3cc(C)nc4c(C(=O)OC(C)(C)C)csc34)c(=O)c2c1C#N. The van der Waals surface area contributed by atoms with Gasteiger partial charge < -0.3 is 14.2 Å². The fraction of sp³-hybridized carbons (Fsp3) is 0.312. The molecule has 0 radical (unpaired) electrons. The van der Waals surface area contributed by atoms with Crippen LogP contribution in [-0.4, -0.2) is 44.8 Å². The van der Waals surface area contributed by atoms with Gasteiger partial charge in [0, 0.05) is 34.3 Å². The third-order valence-electron chi connectivity index (χ3n) is 6.74. The van der Waals surface area contributed by atoms with E-state index in [0.29, 0.717) is 50.1 Å². The van der Waals surface area contributed by atoms with Crippen LogP contribution in [-0.2, 0) is 22.6 Å². The number of thiophene rings is 1. The Morgan fingerprint density at radius 3 is 2.64 bits per heavy atom. The van der Waals surface area contributed by atoms with Crippen LogP contribution in [0, 0.1) is 25.2 Å². The Kier molecular flexibility index (Phi) is 8.70. The largest absolute Gasteiger partial charge is 0.491 e. The molecule has 0 N–H and O–H groups in total. The van der Waals surface area contributed by atoms with E-state index in [4.69, 9.17) is 25.8 Å². The second-order valence-electron chi connectivity index (χ2n) is 11.1. The minimum Gasteiger partial charge on any atom is -0.491 e. The first-order valence-corrected chi connectivity index (χ1v) is 15.0. The van der Waals surface area contributed by atoms with Crippen LogP contribution in [0.25, 0.3) is 32.2 Å². The lowest BCUT2D eigenvalue weighted by Crippen LogP contribution is -2.27. The van der Waals surface area contributed by atoms with Gasteiger partial charge in [0.1, 0.15) is 29.9 Å². The minimum atomic E-state index is -0.647. The number of pyridine rings is 2. The van der Waals surface area contributed by atoms with Crippen LogP contribution in [0.3, 0.4) is 0 Å². The molecule has 44 heavy (non-hydrogen) atoms. The van der Waals surface area contributed by atoms with Crippen molar-refractivity contribution in [3.63, 3.8) is 0 Å². The number of carbonyl (C=O) groups excluding carboxylic acids is 1. The highest BCUT2D eigenvalue weighted by Gasteiger charge is 2.24. The van der Waals surface area contributed by atoms with Gasteiger partial charge in [-0.1, -0.05) is 11.6 Å². The van der Waals surface area contributed by atoms with E-state index in [1.807, 2.05) is 33.8 Å². The summed E-state index contributed by atoms with van der Waals surface area (Å²) in [5.41, 5.74) is 3.04. The van der Waals surface area contributed by atoms with Crippen LogP contribution in [0.1, 0.15) is 53.9 Å². The lowest BCUT2D eigenvalue weighted by Gasteiger charge is -2.19. The van der Waals surface area contributed by atoms with Gasteiger partial charge in [-0.25, -0.2) is 9.78 Å². The molecule has 5 rings (SSSR count). The third kappa shape index (κ3) is 6.15. The molecule has 0 atom stereocenters. The summed E-state index contributed by atoms with van der Waals surface area (Å²) in [7, 11) is 1.50. The van der Waals surface area contributed by atoms with Crippen molar-refractivity contribution in [1.82, 2.24) is 19.5 Å². The number of halogens is 1. The number of fused-ring (bicyclic) bond motifs is 2. The number of aryl methyl sites for hydroxylation is 2. The zero-order valence-electron chi connectivity index (χ0n) is 25.1. The first-order chi connectivity index (χ1) is 20.9. The summed E-state index contributed by atoms with van der Waals surface area (Å²) in [5, 5.41) is 12.3. The van der Waals surface area contributed by atoms with Crippen LogP contribution in [0.2, 0.25) is 5.02 Å². The van der Waals surface area contributed by atoms with Crippen LogP contribution in [0.5, 0.6) is 5.75 Å². The molecule has 0 spiro atoms. The first-order valence-electron chi connectivity index (χ1n) is 13.7. The van der Waals surface area contributed by atoms with Crippen LogP contribution < -0.4 is 10.3 Å². The normalized spacial score (nSPS) is 11.6. The number of rotatable bonds is 8. The number of methoxy groups -OCH3 is 1. The maximum absolute atomic E-state index is 13.6. The van der Waals surface area contributed by atoms with E-state index in [-0.39, 0.29) is 36.3 Å². The smallest absolute Gasteiger partial charge is 0.341 e. The van der Waals surface area contributed by atoms with E-state index in [2.05, 4.69) is 21.0 Å². The van der Waals surface area contributed by atoms with Crippen LogP contribution >= 0.6 is 22.9 Å². The average molecular weight is 632 g/mol. The Hall–Kier alpha value is -4.37. The summed E-state index contributed by atoms with van der Waals surface area (Å²) in [5.74, 6) is 0.564. The summed E-state index contributed by atoms with van der Waals surface area (Å²) >= 11 is 7.83. The monoisotopic (exact) mass is 631 g/mol. The Labute approximate surface area is 262 Å². The van der Waals surface area contributed by atoms with E-state index in [1.165, 1.54) is 29.2 Å². The van der Waals surface area contributed by atoms with Crippen molar-refractivity contribution in [3.8, 4) is 22.9 Å². The van der Waals surface area contributed by atoms with E-state index in [0.717, 1.165) is 10.3 Å². The number of hydrogen-bond donors (Lipinski definition) is 0. The van der Waals surface area contributed by atoms with Gasteiger partial charge in [0.2, 0.25) is 0 Å². The van der Waals surface area contributed by atoms with Crippen molar-refractivity contribution in [2.24, 2.45) is 0 Å². The number of ether oxygens (including phenoxy) is 3. The highest BCUT2D eigenvalue weighted by Crippen LogP contribution is 2.40. The van der Waals surface area contributed by atoms with Gasteiger partial charge in [0.15, 0.2) is 0 Å². The number of hydrogen-bond acceptors (Lipinski definition) is 10. The Balaban J connectivity index is 1.50. The second kappa shape index (κ2) is 12.3. The van der Waals surface area contributed by atoms with Crippen LogP contribution in [0.4, 0.5) is 0 Å². The fourth-order valence-electron chi connectivity index (χ4n) is 4.89. The Bertz CT molecular complexity index is 2020. The molecule has 4 heterocycles. The molecule has 226 valence electrons. The van der Waals surface area contributed by atoms with Gasteiger partial charge in [-0.15, -0.1) is 11.3 Å². The van der Waals surface area contributed by atoms with Gasteiger partial charge in [-0.2, -0.15) is 5.26 Å². The van der Waals surface area contributed by atoms with Crippen molar-refractivity contribution >= 4 is 50.0 Å². The van der Waals surface area contributed by atoms with E-state index < -0.39 is 11.6 Å². The lowest BCUT2D eigenvalue weighted by molar-refractivity contribution is 0.00721. The van der Waals surface area contributed by atoms with Gasteiger partial charge in [-0.05, 0) is 58.9 Å². The molecule has 0 saturated heterocycles. The van der Waals surface area contributed by atoms with Crippen molar-refractivity contribution < 1.29 is 19.0 Å². The zero-order chi connectivity index (χ0) is 31.8. The molecule has 5 aromatic rings. The molecule has 4 aromatic heterocycles. The fourth-order valence-corrected chi connectivity index (χ4v) is 6.07. The molecule has 0 aliphatic heterocycles. The molecular formula is C32H30ClN5O5S. The lowest BCUT2D eigenvalue weighted by atomic mass is 10.0. The first kappa shape index (κ1) is 31.1. The number of aromatic nitrogens is 4. The number of carbonyl (C=O) groups is 1. The molecule has 0 unspecified atom stereocenters. The molecular weight excluding hydrogens is 602 g/mol. The standard InChI is InChI=1S/C32H30ClN5O5S/c1-17-11-21(29-28(36-17)23(16-44-29)31(40)43-32(3,4)5)20-12-19(33)7-8-26(20)42-10-9-38-18(2)37-24-14-35-25(15-41-6)22(13-34)27(24)30(38)39/h7-8,11-12,14,16H,9-10,15H2,1-6H3. The topological polar surface area (TPSA) is 129 Å². The number of nitriles is 1. The number of benzene rings is 1. The predicted octanol–water partition coefficient (Wildman–Crippen LogP) is 6.39. The third-order valence-corrected chi connectivity index (χ3v) is 7.97. The van der Waals surface area contributed by atoms with Crippen molar-refractivity contribution in [2.45, 2.75) is 53.4 Å². The molecule has 12 heteroatoms. The Morgan fingerprint density at radius 2 is 1.93 bits per heavy atom. The average Bonchev–Trinajstić information content (AvgIpc) is 3.38. The van der Waals surface area contributed by atoms with Crippen molar-refractivity contribution in [1.29, 1.82) is 5.26 Å². The molecule has 1 aromatic carbocycles. The Morgan fingerprint density at radius 1 is 1.16 bits per heavy atom. The molecule has 0 aliphatic carbocycles. The van der Waals surface area contributed by atoms with Gasteiger partial charge >= 0.3 is 5.97 Å². The van der Waals surface area contributed by atoms with Gasteiger partial charge in [0.25, 0.3) is 5.56 Å². The molecule has 10 nitrogen and oxygen atoms in total. The van der Waals surface area contributed by atoms with E-state index in [1.54, 1.807) is 30.5 Å². The van der Waals surface area contributed by atoms with Crippen molar-refractivity contribution in [3.05, 3.63) is 79.6 Å². The zero-order valence-corrected chi connectivity index (χ0v) is 26.7. The molecule has 0 fully saturated rings. The van der Waals surface area contributed by atoms with Crippen LogP contribution in [0.15, 0.2) is 40.6 Å². The highest BCUT2D eigenvalue weighted by atomic mass is 35.5. The molecule has 0 amide bonds. The quantitative estimate of drug-likeness (QED) is 0.179. The van der Waals surface area contributed by atoms with Gasteiger partial charge in [0.05, 0.1) is 57.3 Å². The summed E-state index contributed by atoms with van der Waals surface area (Å²) in [6.07, 6.45) is 1.48. The summed E-state index contributed by atoms with van der Waals surface area (Å²) in [6, 6.07) is 9.31. The van der Waals surface area contributed by atoms with E-state index >= 15 is 0 Å². The second-order valence-corrected chi connectivity index (χ2v) is 12.4. The van der Waals surface area contributed by atoms with Crippen molar-refractivity contribution in [2.75, 3.05) is 13.7 Å². The summed E-state index contributed by atoms with van der Waals surface area (Å²) in [4.78, 5) is 40.0. The van der Waals surface area contributed by atoms with Gasteiger partial charge in [-0.3, -0.25) is 19.3 Å². The van der Waals surface area contributed by atoms with E-state index in [9.17, 15) is 14.9 Å². The highest BCUT2D eigenvalue weighted by molar-refractivity contribution is 7.18. The minimum absolute atomic E-state index is 0.0971. The molecule has 0 aliphatic rings. The number of esters is 1. The maximum Gasteiger partial charge on any atom is 0.341 e. The number of nitrogens with zero attached hydrogens (tertiary/aromatic N) is 5. The summed E-state index contributed by atoms with van der Waals surface area (Å²) in [6.45, 7) is 9.44. The molecule has 0 bridgehead atoms. The summed E-state index contributed by atoms with van der Waals surface area (Å²) < 4.78 is 19.3. The molecule has 0 saturated carbocycles. The predicted molar refractivity (Wildman–Crippen MR) is 169 cm³/mol.